The van der Waals surface area contributed by atoms with Gasteiger partial charge in [-0.15, -0.1) is 0 Å². The van der Waals surface area contributed by atoms with Gasteiger partial charge in [0, 0.05) is 62.6 Å². The lowest BCUT2D eigenvalue weighted by Gasteiger charge is -2.46. The third-order valence-corrected chi connectivity index (χ3v) is 20.3. The first kappa shape index (κ1) is 60.1. The van der Waals surface area contributed by atoms with Crippen LogP contribution in [0.3, 0.4) is 0 Å². The van der Waals surface area contributed by atoms with Crippen molar-refractivity contribution in [2.75, 3.05) is 19.6 Å². The molecule has 0 spiro atoms. The van der Waals surface area contributed by atoms with Crippen LogP contribution in [-0.2, 0) is 47.3 Å². The standard InChI is InChI=1S/C86H91BN4/c1-81(2,3)60-30-39-65(40-31-60)88(64-37-28-57(29-38-64)56-22-18-17-19-23-56)68-45-47-76-73(49-68)87-72-46-36-63(84(10,11)12)48-77(72)91(75-27-21-25-59-53-86(15,16)55-71(59)75)79-51-69(50-78(80(79)87)90(76)74-26-20-24-58-52-85(13,14)54-70(58)74)89(66-41-32-61(33-42-66)82(4,5)6)67-43-34-62(35-44-67)83(7,8)9/h17-51H,52-55H2,1-16H3. The fraction of sp³-hybridized carbons (Fsp3) is 0.302. The Balaban J connectivity index is 1.09. The van der Waals surface area contributed by atoms with Crippen molar-refractivity contribution in [3.05, 3.63) is 257 Å². The van der Waals surface area contributed by atoms with Gasteiger partial charge in [-0.2, -0.15) is 0 Å². The normalized spacial score (nSPS) is 15.4. The number of hydrogen-bond donors (Lipinski definition) is 0. The van der Waals surface area contributed by atoms with Gasteiger partial charge in [0.15, 0.2) is 0 Å². The molecule has 0 fully saturated rings. The first-order valence-corrected chi connectivity index (χ1v) is 33.4. The number of fused-ring (bicyclic) bond motifs is 6. The molecule has 5 heteroatoms. The predicted molar refractivity (Wildman–Crippen MR) is 392 cm³/mol. The maximum atomic E-state index is 2.73. The van der Waals surface area contributed by atoms with Crippen LogP contribution in [0.25, 0.3) is 11.1 Å². The molecule has 14 rings (SSSR count). The summed E-state index contributed by atoms with van der Waals surface area (Å²) in [5.74, 6) is 0. The summed E-state index contributed by atoms with van der Waals surface area (Å²) in [6, 6.07) is 82.6. The smallest absolute Gasteiger partial charge is 0.252 e. The first-order valence-electron chi connectivity index (χ1n) is 33.4. The van der Waals surface area contributed by atoms with E-state index in [1.54, 1.807) is 0 Å². The van der Waals surface area contributed by atoms with Crippen molar-refractivity contribution in [3.63, 3.8) is 0 Å². The molecule has 2 heterocycles. The Kier molecular flexibility index (Phi) is 14.2. The van der Waals surface area contributed by atoms with E-state index in [-0.39, 0.29) is 39.2 Å². The Morgan fingerprint density at radius 3 is 1.15 bits per heavy atom. The molecule has 2 aliphatic heterocycles. The highest BCUT2D eigenvalue weighted by Gasteiger charge is 2.47. The Morgan fingerprint density at radius 2 is 0.703 bits per heavy atom. The minimum Gasteiger partial charge on any atom is -0.311 e. The van der Waals surface area contributed by atoms with Gasteiger partial charge in [-0.3, -0.25) is 0 Å². The molecule has 0 amide bonds. The molecule has 4 nitrogen and oxygen atoms in total. The molecule has 4 aliphatic rings. The van der Waals surface area contributed by atoms with Gasteiger partial charge in [0.25, 0.3) is 6.71 Å². The Bertz CT molecular complexity index is 4370. The molecule has 0 atom stereocenters. The van der Waals surface area contributed by atoms with Crippen molar-refractivity contribution in [1.29, 1.82) is 0 Å². The molecule has 0 radical (unpaired) electrons. The SMILES string of the molecule is CC1(C)Cc2cccc(N3c4ccc(N(c5ccc(-c6ccccc6)cc5)c5ccc(C(C)(C)C)cc5)cc4B4c5ccc(C(C)(C)C)cc5N(c5cccc6c5CC(C)(C)C6)c5cc(N(c6ccc(C(C)(C)C)cc6)c6ccc(C(C)(C)C)cc6)cc3c54)c2C1. The lowest BCUT2D eigenvalue weighted by molar-refractivity contribution is 0.392. The maximum absolute atomic E-state index is 2.73. The van der Waals surface area contributed by atoms with Gasteiger partial charge >= 0.3 is 0 Å². The van der Waals surface area contributed by atoms with Crippen LogP contribution in [0.2, 0.25) is 0 Å². The van der Waals surface area contributed by atoms with E-state index in [9.17, 15) is 0 Å². The minimum atomic E-state index is -0.136. The van der Waals surface area contributed by atoms with Crippen molar-refractivity contribution in [3.8, 4) is 11.1 Å². The summed E-state index contributed by atoms with van der Waals surface area (Å²) in [5.41, 5.74) is 31.7. The number of nitrogens with zero attached hydrogens (tertiary/aromatic N) is 4. The fourth-order valence-electron chi connectivity index (χ4n) is 15.4. The maximum Gasteiger partial charge on any atom is 0.252 e. The summed E-state index contributed by atoms with van der Waals surface area (Å²) < 4.78 is 0. The average molecular weight is 1190 g/mol. The first-order chi connectivity index (χ1) is 43.1. The van der Waals surface area contributed by atoms with Gasteiger partial charge in [-0.05, 0) is 227 Å². The zero-order chi connectivity index (χ0) is 63.9. The Hall–Kier alpha value is -8.54. The molecule has 91 heavy (non-hydrogen) atoms. The number of benzene rings is 10. The second-order valence-corrected chi connectivity index (χ2v) is 32.6. The lowest BCUT2D eigenvalue weighted by Crippen LogP contribution is -2.61. The molecule has 0 saturated heterocycles. The molecule has 0 aromatic heterocycles. The second kappa shape index (κ2) is 21.5. The Labute approximate surface area is 544 Å². The largest absolute Gasteiger partial charge is 0.311 e. The number of anilines is 12. The van der Waals surface area contributed by atoms with Crippen LogP contribution in [0.15, 0.2) is 212 Å². The zero-order valence-electron chi connectivity index (χ0n) is 56.9. The van der Waals surface area contributed by atoms with Crippen molar-refractivity contribution < 1.29 is 0 Å². The van der Waals surface area contributed by atoms with Crippen LogP contribution < -0.4 is 36.0 Å². The zero-order valence-corrected chi connectivity index (χ0v) is 56.9. The van der Waals surface area contributed by atoms with Crippen molar-refractivity contribution >= 4 is 91.3 Å². The highest BCUT2D eigenvalue weighted by molar-refractivity contribution is 7.00. The lowest BCUT2D eigenvalue weighted by atomic mass is 9.33. The van der Waals surface area contributed by atoms with Gasteiger partial charge in [0.2, 0.25) is 0 Å². The number of hydrogen-bond acceptors (Lipinski definition) is 4. The summed E-state index contributed by atoms with van der Waals surface area (Å²) in [6.07, 6.45) is 4.09. The van der Waals surface area contributed by atoms with E-state index in [2.05, 4.69) is 343 Å². The van der Waals surface area contributed by atoms with E-state index in [4.69, 9.17) is 0 Å². The topological polar surface area (TPSA) is 13.0 Å². The molecule has 0 bridgehead atoms. The summed E-state index contributed by atoms with van der Waals surface area (Å²) in [5, 5.41) is 0. The van der Waals surface area contributed by atoms with E-state index >= 15 is 0 Å². The third kappa shape index (κ3) is 10.9. The quantitative estimate of drug-likeness (QED) is 0.134. The molecular formula is C86H91BN4. The van der Waals surface area contributed by atoms with E-state index in [1.165, 1.54) is 106 Å². The van der Waals surface area contributed by atoms with Crippen LogP contribution in [0, 0.1) is 10.8 Å². The van der Waals surface area contributed by atoms with E-state index in [1.807, 2.05) is 0 Å². The average Bonchev–Trinajstić information content (AvgIpc) is 1.19. The van der Waals surface area contributed by atoms with Crippen LogP contribution >= 0.6 is 0 Å². The van der Waals surface area contributed by atoms with Crippen LogP contribution in [0.1, 0.15) is 155 Å². The van der Waals surface area contributed by atoms with E-state index in [0.29, 0.717) is 0 Å². The third-order valence-electron chi connectivity index (χ3n) is 20.3. The highest BCUT2D eigenvalue weighted by Crippen LogP contribution is 2.54. The van der Waals surface area contributed by atoms with Crippen LogP contribution in [-0.4, -0.2) is 6.71 Å². The molecule has 0 unspecified atom stereocenters. The van der Waals surface area contributed by atoms with Gasteiger partial charge in [0.1, 0.15) is 0 Å². The van der Waals surface area contributed by atoms with E-state index < -0.39 is 0 Å². The van der Waals surface area contributed by atoms with Gasteiger partial charge in [-0.1, -0.05) is 226 Å². The molecule has 2 aliphatic carbocycles. The molecule has 0 saturated carbocycles. The Morgan fingerprint density at radius 1 is 0.308 bits per heavy atom. The summed E-state index contributed by atoms with van der Waals surface area (Å²) in [7, 11) is 0. The highest BCUT2D eigenvalue weighted by atomic mass is 15.2. The van der Waals surface area contributed by atoms with Gasteiger partial charge in [0.05, 0.1) is 5.69 Å². The summed E-state index contributed by atoms with van der Waals surface area (Å²) in [6.45, 7) is 37.6. The molecular weight excluding hydrogens is 1100 g/mol. The molecule has 0 N–H and O–H groups in total. The molecule has 10 aromatic carbocycles. The monoisotopic (exact) mass is 1190 g/mol. The fourth-order valence-corrected chi connectivity index (χ4v) is 15.4. The van der Waals surface area contributed by atoms with Crippen molar-refractivity contribution in [2.24, 2.45) is 10.8 Å². The molecule has 458 valence electrons. The predicted octanol–water partition coefficient (Wildman–Crippen LogP) is 21.8. The summed E-state index contributed by atoms with van der Waals surface area (Å²) in [4.78, 5) is 10.5. The second-order valence-electron chi connectivity index (χ2n) is 32.6. The summed E-state index contributed by atoms with van der Waals surface area (Å²) >= 11 is 0. The van der Waals surface area contributed by atoms with Crippen LogP contribution in [0.4, 0.5) is 68.2 Å². The van der Waals surface area contributed by atoms with Gasteiger partial charge in [-0.25, -0.2) is 0 Å². The van der Waals surface area contributed by atoms with Gasteiger partial charge < -0.3 is 19.6 Å². The minimum absolute atomic E-state index is 0.00368. The van der Waals surface area contributed by atoms with Crippen molar-refractivity contribution in [1.82, 2.24) is 0 Å². The van der Waals surface area contributed by atoms with Crippen molar-refractivity contribution in [2.45, 2.75) is 158 Å². The van der Waals surface area contributed by atoms with Crippen LogP contribution in [0.5, 0.6) is 0 Å². The van der Waals surface area contributed by atoms with E-state index in [0.717, 1.165) is 59.8 Å². The number of rotatable bonds is 9. The molecule has 10 aromatic rings.